The molecule has 2 aromatic carbocycles. The lowest BCUT2D eigenvalue weighted by Gasteiger charge is -2.20. The largest absolute Gasteiger partial charge is 0.343 e. The van der Waals surface area contributed by atoms with Gasteiger partial charge in [0.2, 0.25) is 17.6 Å². The molecule has 0 aliphatic carbocycles. The van der Waals surface area contributed by atoms with Crippen LogP contribution in [0.25, 0.3) is 22.4 Å². The zero-order valence-corrected chi connectivity index (χ0v) is 18.9. The van der Waals surface area contributed by atoms with Gasteiger partial charge in [-0.05, 0) is 49.1 Å². The number of hydrogen-bond acceptors (Lipinski definition) is 6. The van der Waals surface area contributed by atoms with Gasteiger partial charge in [-0.15, -0.1) is 5.10 Å². The molecule has 0 radical (unpaired) electrons. The molecule has 170 valence electrons. The number of benzene rings is 2. The Morgan fingerprint density at radius 1 is 1.06 bits per heavy atom. The van der Waals surface area contributed by atoms with Gasteiger partial charge in [0.1, 0.15) is 5.52 Å². The molecule has 0 N–H and O–H groups in total. The minimum absolute atomic E-state index is 0.199. The number of amides is 1. The second-order valence-electron chi connectivity index (χ2n) is 8.68. The van der Waals surface area contributed by atoms with E-state index in [1.54, 1.807) is 4.68 Å². The quantitative estimate of drug-likeness (QED) is 0.443. The first kappa shape index (κ1) is 21.3. The van der Waals surface area contributed by atoms with Crippen molar-refractivity contribution >= 4 is 16.9 Å². The van der Waals surface area contributed by atoms with E-state index >= 15 is 0 Å². The van der Waals surface area contributed by atoms with Gasteiger partial charge in [-0.25, -0.2) is 4.68 Å². The van der Waals surface area contributed by atoms with Crippen LogP contribution in [0, 0.1) is 6.92 Å². The molecule has 1 fully saturated rings. The van der Waals surface area contributed by atoms with Gasteiger partial charge in [0.15, 0.2) is 0 Å². The minimum Gasteiger partial charge on any atom is -0.343 e. The molecule has 1 amide bonds. The molecule has 1 saturated heterocycles. The highest BCUT2D eigenvalue weighted by Crippen LogP contribution is 2.22. The predicted octanol–water partition coefficient (Wildman–Crippen LogP) is 4.17. The Kier molecular flexibility index (Phi) is 6.15. The monoisotopic (exact) mass is 444 g/mol. The van der Waals surface area contributed by atoms with Crippen molar-refractivity contribution in [1.82, 2.24) is 30.0 Å². The van der Waals surface area contributed by atoms with Crippen LogP contribution < -0.4 is 0 Å². The molecule has 1 aliphatic rings. The molecule has 8 heteroatoms. The number of fused-ring (bicyclic) bond motifs is 1. The third kappa shape index (κ3) is 4.79. The molecule has 0 atom stereocenters. The molecule has 1 aliphatic heterocycles. The van der Waals surface area contributed by atoms with Gasteiger partial charge in [0.25, 0.3) is 0 Å². The first-order chi connectivity index (χ1) is 16.2. The molecule has 33 heavy (non-hydrogen) atoms. The van der Waals surface area contributed by atoms with Crippen molar-refractivity contribution in [2.75, 3.05) is 13.1 Å². The number of rotatable bonds is 6. The SMILES string of the molecule is Cc1ccccc1Cc1nc(-c2ccc3c(c2)nnn3CCC(=O)N2CCCCCC2)no1. The van der Waals surface area contributed by atoms with Gasteiger partial charge in [-0.3, -0.25) is 4.79 Å². The summed E-state index contributed by atoms with van der Waals surface area (Å²) in [6, 6.07) is 14.0. The van der Waals surface area contributed by atoms with Crippen LogP contribution in [0.2, 0.25) is 0 Å². The van der Waals surface area contributed by atoms with Gasteiger partial charge >= 0.3 is 0 Å². The normalized spacial score (nSPS) is 14.5. The van der Waals surface area contributed by atoms with E-state index < -0.39 is 0 Å². The van der Waals surface area contributed by atoms with Crippen LogP contribution in [0.4, 0.5) is 0 Å². The van der Waals surface area contributed by atoms with Crippen LogP contribution in [-0.4, -0.2) is 49.0 Å². The maximum Gasteiger partial charge on any atom is 0.231 e. The van der Waals surface area contributed by atoms with E-state index in [1.165, 1.54) is 24.0 Å². The molecular formula is C25H28N6O2. The number of likely N-dealkylation sites (tertiary alicyclic amines) is 1. The molecule has 8 nitrogen and oxygen atoms in total. The number of carbonyl (C=O) groups is 1. The Labute approximate surface area is 192 Å². The van der Waals surface area contributed by atoms with Gasteiger partial charge in [0, 0.05) is 25.1 Å². The summed E-state index contributed by atoms with van der Waals surface area (Å²) >= 11 is 0. The van der Waals surface area contributed by atoms with E-state index in [-0.39, 0.29) is 5.91 Å². The van der Waals surface area contributed by atoms with Gasteiger partial charge in [0.05, 0.1) is 18.5 Å². The van der Waals surface area contributed by atoms with Crippen LogP contribution in [0.15, 0.2) is 47.0 Å². The number of hydrogen-bond donors (Lipinski definition) is 0. The molecule has 0 unspecified atom stereocenters. The second-order valence-corrected chi connectivity index (χ2v) is 8.68. The standard InChI is InChI=1S/C25H28N6O2/c1-18-8-4-5-9-19(18)17-23-26-25(28-33-23)20-10-11-22-21(16-20)27-29-31(22)15-12-24(32)30-13-6-2-3-7-14-30/h4-5,8-11,16H,2-3,6-7,12-15,17H2,1H3. The third-order valence-corrected chi connectivity index (χ3v) is 6.34. The molecule has 4 aromatic rings. The van der Waals surface area contributed by atoms with Crippen LogP contribution in [0.1, 0.15) is 49.1 Å². The van der Waals surface area contributed by atoms with Crippen LogP contribution in [-0.2, 0) is 17.8 Å². The topological polar surface area (TPSA) is 89.9 Å². The fourth-order valence-electron chi connectivity index (χ4n) is 4.37. The second kappa shape index (κ2) is 9.52. The summed E-state index contributed by atoms with van der Waals surface area (Å²) in [5, 5.41) is 12.7. The molecule has 0 saturated carbocycles. The van der Waals surface area contributed by atoms with Crippen molar-refractivity contribution in [3.8, 4) is 11.4 Å². The number of carbonyl (C=O) groups excluding carboxylic acids is 1. The summed E-state index contributed by atoms with van der Waals surface area (Å²) in [5.41, 5.74) is 4.84. The number of aromatic nitrogens is 5. The Hall–Kier alpha value is -3.55. The Bertz CT molecular complexity index is 1250. The van der Waals surface area contributed by atoms with Crippen LogP contribution in [0.5, 0.6) is 0 Å². The third-order valence-electron chi connectivity index (χ3n) is 6.34. The first-order valence-corrected chi connectivity index (χ1v) is 11.7. The number of aryl methyl sites for hydroxylation is 2. The van der Waals surface area contributed by atoms with E-state index in [0.717, 1.165) is 42.5 Å². The van der Waals surface area contributed by atoms with Gasteiger partial charge < -0.3 is 9.42 Å². The minimum atomic E-state index is 0.199. The van der Waals surface area contributed by atoms with E-state index in [9.17, 15) is 4.79 Å². The Morgan fingerprint density at radius 2 is 1.88 bits per heavy atom. The Balaban J connectivity index is 1.27. The average molecular weight is 445 g/mol. The van der Waals surface area contributed by atoms with E-state index in [4.69, 9.17) is 4.52 Å². The predicted molar refractivity (Wildman–Crippen MR) is 124 cm³/mol. The maximum atomic E-state index is 12.6. The van der Waals surface area contributed by atoms with Crippen molar-refractivity contribution < 1.29 is 9.32 Å². The zero-order chi connectivity index (χ0) is 22.6. The lowest BCUT2D eigenvalue weighted by atomic mass is 10.1. The summed E-state index contributed by atoms with van der Waals surface area (Å²) in [5.74, 6) is 1.31. The lowest BCUT2D eigenvalue weighted by molar-refractivity contribution is -0.131. The number of nitrogens with zero attached hydrogens (tertiary/aromatic N) is 6. The van der Waals surface area contributed by atoms with Gasteiger partial charge in [-0.1, -0.05) is 47.5 Å². The van der Waals surface area contributed by atoms with Crippen LogP contribution >= 0.6 is 0 Å². The lowest BCUT2D eigenvalue weighted by Crippen LogP contribution is -2.32. The summed E-state index contributed by atoms with van der Waals surface area (Å²) in [6.07, 6.45) is 5.67. The smallest absolute Gasteiger partial charge is 0.231 e. The molecule has 3 heterocycles. The summed E-state index contributed by atoms with van der Waals surface area (Å²) in [4.78, 5) is 19.2. The fraction of sp³-hybridized carbons (Fsp3) is 0.400. The average Bonchev–Trinajstić information content (AvgIpc) is 3.36. The molecule has 5 rings (SSSR count). The molecule has 0 spiro atoms. The van der Waals surface area contributed by atoms with Gasteiger partial charge in [-0.2, -0.15) is 4.98 Å². The van der Waals surface area contributed by atoms with E-state index in [1.807, 2.05) is 35.2 Å². The first-order valence-electron chi connectivity index (χ1n) is 11.7. The van der Waals surface area contributed by atoms with Crippen molar-refractivity contribution in [1.29, 1.82) is 0 Å². The van der Waals surface area contributed by atoms with Crippen molar-refractivity contribution in [3.05, 3.63) is 59.5 Å². The molecule has 2 aromatic heterocycles. The zero-order valence-electron chi connectivity index (χ0n) is 18.9. The van der Waals surface area contributed by atoms with E-state index in [0.29, 0.717) is 31.1 Å². The molecular weight excluding hydrogens is 416 g/mol. The van der Waals surface area contributed by atoms with Crippen LogP contribution in [0.3, 0.4) is 0 Å². The van der Waals surface area contributed by atoms with Crippen molar-refractivity contribution in [2.45, 2.75) is 52.0 Å². The highest BCUT2D eigenvalue weighted by atomic mass is 16.5. The van der Waals surface area contributed by atoms with E-state index in [2.05, 4.69) is 39.5 Å². The Morgan fingerprint density at radius 3 is 2.70 bits per heavy atom. The van der Waals surface area contributed by atoms with Crippen molar-refractivity contribution in [3.63, 3.8) is 0 Å². The summed E-state index contributed by atoms with van der Waals surface area (Å²) < 4.78 is 7.28. The summed E-state index contributed by atoms with van der Waals surface area (Å²) in [6.45, 7) is 4.34. The highest BCUT2D eigenvalue weighted by molar-refractivity contribution is 5.80. The van der Waals surface area contributed by atoms with Crippen molar-refractivity contribution in [2.24, 2.45) is 0 Å². The molecule has 0 bridgehead atoms. The highest BCUT2D eigenvalue weighted by Gasteiger charge is 2.17. The fourth-order valence-corrected chi connectivity index (χ4v) is 4.37. The maximum absolute atomic E-state index is 12.6. The summed E-state index contributed by atoms with van der Waals surface area (Å²) in [7, 11) is 0.